The third kappa shape index (κ3) is 3.42. The van der Waals surface area contributed by atoms with Gasteiger partial charge in [-0.3, -0.25) is 9.59 Å². The lowest BCUT2D eigenvalue weighted by atomic mass is 10.1. The second-order valence-electron chi connectivity index (χ2n) is 4.99. The Balaban J connectivity index is 2.12. The molecule has 1 aromatic carbocycles. The predicted molar refractivity (Wildman–Crippen MR) is 79.5 cm³/mol. The van der Waals surface area contributed by atoms with E-state index >= 15 is 0 Å². The molecule has 5 nitrogen and oxygen atoms in total. The summed E-state index contributed by atoms with van der Waals surface area (Å²) in [6.07, 6.45) is 1.37. The minimum Gasteiger partial charge on any atom is -0.481 e. The van der Waals surface area contributed by atoms with E-state index in [1.165, 1.54) is 5.56 Å². The van der Waals surface area contributed by atoms with Crippen molar-refractivity contribution in [3.05, 3.63) is 35.1 Å². The van der Waals surface area contributed by atoms with Crippen molar-refractivity contribution in [3.63, 3.8) is 0 Å². The van der Waals surface area contributed by atoms with Gasteiger partial charge in [0.25, 0.3) is 5.91 Å². The standard InChI is InChI=1S/C16H19NO4/c1-3-11-6-7-13-12(9-11)10(2)15(21-13)16(20)17-8-4-5-14(18)19/h6-7,9H,3-5,8H2,1-2H3,(H,17,20)(H,18,19). The van der Waals surface area contributed by atoms with Gasteiger partial charge in [0.05, 0.1) is 0 Å². The van der Waals surface area contributed by atoms with Gasteiger partial charge in [-0.25, -0.2) is 0 Å². The molecule has 0 atom stereocenters. The first-order valence-electron chi connectivity index (χ1n) is 7.05. The Bertz CT molecular complexity index is 672. The molecule has 0 aliphatic heterocycles. The van der Waals surface area contributed by atoms with Crippen LogP contribution in [0.5, 0.6) is 0 Å². The number of hydrogen-bond donors (Lipinski definition) is 2. The van der Waals surface area contributed by atoms with Crippen LogP contribution in [-0.2, 0) is 11.2 Å². The highest BCUT2D eigenvalue weighted by molar-refractivity contribution is 5.99. The number of carbonyl (C=O) groups is 2. The van der Waals surface area contributed by atoms with Gasteiger partial charge in [-0.15, -0.1) is 0 Å². The van der Waals surface area contributed by atoms with Gasteiger partial charge in [0, 0.05) is 23.9 Å². The molecular formula is C16H19NO4. The Morgan fingerprint density at radius 1 is 1.33 bits per heavy atom. The van der Waals surface area contributed by atoms with Crippen LogP contribution in [0.1, 0.15) is 41.4 Å². The maximum atomic E-state index is 12.1. The van der Waals surface area contributed by atoms with Crippen LogP contribution in [0.4, 0.5) is 0 Å². The smallest absolute Gasteiger partial charge is 0.303 e. The summed E-state index contributed by atoms with van der Waals surface area (Å²) in [6.45, 7) is 4.26. The van der Waals surface area contributed by atoms with Crippen LogP contribution in [0.15, 0.2) is 22.6 Å². The number of rotatable bonds is 6. The number of carboxylic acids is 1. The summed E-state index contributed by atoms with van der Waals surface area (Å²) in [4.78, 5) is 22.5. The number of carbonyl (C=O) groups excluding carboxylic acids is 1. The Morgan fingerprint density at radius 2 is 2.10 bits per heavy atom. The molecule has 0 radical (unpaired) electrons. The molecule has 21 heavy (non-hydrogen) atoms. The van der Waals surface area contributed by atoms with E-state index in [-0.39, 0.29) is 12.3 Å². The highest BCUT2D eigenvalue weighted by Gasteiger charge is 2.17. The van der Waals surface area contributed by atoms with E-state index < -0.39 is 5.97 Å². The minimum atomic E-state index is -0.865. The number of carboxylic acid groups (broad SMARTS) is 1. The predicted octanol–water partition coefficient (Wildman–Crippen LogP) is 2.90. The highest BCUT2D eigenvalue weighted by atomic mass is 16.4. The van der Waals surface area contributed by atoms with E-state index in [0.29, 0.717) is 24.3 Å². The molecule has 0 spiro atoms. The number of aryl methyl sites for hydroxylation is 2. The third-order valence-electron chi connectivity index (χ3n) is 3.47. The van der Waals surface area contributed by atoms with Gasteiger partial charge < -0.3 is 14.8 Å². The Hall–Kier alpha value is -2.30. The van der Waals surface area contributed by atoms with Crippen molar-refractivity contribution in [2.75, 3.05) is 6.54 Å². The highest BCUT2D eigenvalue weighted by Crippen LogP contribution is 2.26. The van der Waals surface area contributed by atoms with Gasteiger partial charge in [-0.05, 0) is 37.5 Å². The van der Waals surface area contributed by atoms with Crippen LogP contribution >= 0.6 is 0 Å². The average molecular weight is 289 g/mol. The molecule has 0 aliphatic carbocycles. The summed E-state index contributed by atoms with van der Waals surface area (Å²) in [6, 6.07) is 5.90. The Morgan fingerprint density at radius 3 is 2.76 bits per heavy atom. The van der Waals surface area contributed by atoms with Gasteiger partial charge in [-0.2, -0.15) is 0 Å². The molecule has 0 aliphatic rings. The third-order valence-corrected chi connectivity index (χ3v) is 3.47. The average Bonchev–Trinajstić information content (AvgIpc) is 2.80. The molecule has 0 saturated heterocycles. The fourth-order valence-corrected chi connectivity index (χ4v) is 2.23. The molecule has 2 aromatic rings. The maximum absolute atomic E-state index is 12.1. The van der Waals surface area contributed by atoms with Crippen LogP contribution in [0, 0.1) is 6.92 Å². The molecule has 2 rings (SSSR count). The number of hydrogen-bond acceptors (Lipinski definition) is 3. The summed E-state index contributed by atoms with van der Waals surface area (Å²) in [7, 11) is 0. The normalized spacial score (nSPS) is 10.8. The van der Waals surface area contributed by atoms with Crippen LogP contribution < -0.4 is 5.32 Å². The van der Waals surface area contributed by atoms with Gasteiger partial charge >= 0.3 is 5.97 Å². The fraction of sp³-hybridized carbons (Fsp3) is 0.375. The first-order valence-corrected chi connectivity index (χ1v) is 7.05. The molecule has 1 aromatic heterocycles. The second-order valence-corrected chi connectivity index (χ2v) is 4.99. The first kappa shape index (κ1) is 15.1. The van der Waals surface area contributed by atoms with E-state index in [4.69, 9.17) is 9.52 Å². The largest absolute Gasteiger partial charge is 0.481 e. The van der Waals surface area contributed by atoms with E-state index in [1.807, 2.05) is 25.1 Å². The zero-order valence-corrected chi connectivity index (χ0v) is 12.2. The van der Waals surface area contributed by atoms with E-state index in [9.17, 15) is 9.59 Å². The SMILES string of the molecule is CCc1ccc2oc(C(=O)NCCCC(=O)O)c(C)c2c1. The van der Waals surface area contributed by atoms with E-state index in [1.54, 1.807) is 0 Å². The van der Waals surface area contributed by atoms with Crippen molar-refractivity contribution in [1.82, 2.24) is 5.32 Å². The molecule has 112 valence electrons. The maximum Gasteiger partial charge on any atom is 0.303 e. The molecule has 0 fully saturated rings. The number of aliphatic carboxylic acids is 1. The topological polar surface area (TPSA) is 79.5 Å². The molecule has 5 heteroatoms. The van der Waals surface area contributed by atoms with Crippen molar-refractivity contribution in [2.24, 2.45) is 0 Å². The summed E-state index contributed by atoms with van der Waals surface area (Å²) in [5.74, 6) is -0.864. The van der Waals surface area contributed by atoms with Crippen molar-refractivity contribution in [2.45, 2.75) is 33.1 Å². The monoisotopic (exact) mass is 289 g/mol. The fourth-order valence-electron chi connectivity index (χ4n) is 2.23. The second kappa shape index (κ2) is 6.43. The number of nitrogens with one attached hydrogen (secondary N) is 1. The Labute approximate surface area is 122 Å². The molecule has 0 unspecified atom stereocenters. The van der Waals surface area contributed by atoms with E-state index in [0.717, 1.165) is 17.4 Å². The molecule has 0 bridgehead atoms. The summed E-state index contributed by atoms with van der Waals surface area (Å²) in [5, 5.41) is 12.2. The van der Waals surface area contributed by atoms with Gasteiger partial charge in [0.2, 0.25) is 0 Å². The van der Waals surface area contributed by atoms with Crippen LogP contribution in [0.2, 0.25) is 0 Å². The molecule has 0 saturated carbocycles. The van der Waals surface area contributed by atoms with Crippen LogP contribution in [0.3, 0.4) is 0 Å². The summed E-state index contributed by atoms with van der Waals surface area (Å²) >= 11 is 0. The molecular weight excluding hydrogens is 270 g/mol. The molecule has 1 heterocycles. The van der Waals surface area contributed by atoms with Crippen molar-refractivity contribution in [3.8, 4) is 0 Å². The lowest BCUT2D eigenvalue weighted by Crippen LogP contribution is -2.25. The van der Waals surface area contributed by atoms with Gasteiger partial charge in [-0.1, -0.05) is 13.0 Å². The van der Waals surface area contributed by atoms with Gasteiger partial charge in [0.15, 0.2) is 5.76 Å². The molecule has 2 N–H and O–H groups in total. The minimum absolute atomic E-state index is 0.0409. The zero-order valence-electron chi connectivity index (χ0n) is 12.2. The van der Waals surface area contributed by atoms with Crippen molar-refractivity contribution >= 4 is 22.8 Å². The summed E-state index contributed by atoms with van der Waals surface area (Å²) < 4.78 is 5.61. The van der Waals surface area contributed by atoms with Crippen molar-refractivity contribution < 1.29 is 19.1 Å². The van der Waals surface area contributed by atoms with Crippen LogP contribution in [-0.4, -0.2) is 23.5 Å². The quantitative estimate of drug-likeness (QED) is 0.801. The lowest BCUT2D eigenvalue weighted by Gasteiger charge is -2.02. The zero-order chi connectivity index (χ0) is 15.4. The number of fused-ring (bicyclic) bond motifs is 1. The number of amides is 1. The van der Waals surface area contributed by atoms with Gasteiger partial charge in [0.1, 0.15) is 5.58 Å². The summed E-state index contributed by atoms with van der Waals surface area (Å²) in [5.41, 5.74) is 2.70. The Kier molecular flexibility index (Phi) is 4.62. The first-order chi connectivity index (χ1) is 10.0. The molecule has 1 amide bonds. The number of furan rings is 1. The number of benzene rings is 1. The van der Waals surface area contributed by atoms with Crippen molar-refractivity contribution in [1.29, 1.82) is 0 Å². The van der Waals surface area contributed by atoms with Crippen LogP contribution in [0.25, 0.3) is 11.0 Å². The lowest BCUT2D eigenvalue weighted by molar-refractivity contribution is -0.137. The van der Waals surface area contributed by atoms with E-state index in [2.05, 4.69) is 12.2 Å².